The fourth-order valence-electron chi connectivity index (χ4n) is 4.97. The lowest BCUT2D eigenvalue weighted by Gasteiger charge is -2.38. The second-order valence-corrected chi connectivity index (χ2v) is 7.91. The van der Waals surface area contributed by atoms with Gasteiger partial charge in [-0.15, -0.1) is 0 Å². The summed E-state index contributed by atoms with van der Waals surface area (Å²) in [7, 11) is 1.70. The number of ether oxygens (including phenoxy) is 1. The molecule has 2 aliphatic heterocycles. The number of hydrogen-bond donors (Lipinski definition) is 1. The average molecular weight is 361 g/mol. The number of carbonyl (C=O) groups is 1. The smallest absolute Gasteiger partial charge is 0.266 e. The van der Waals surface area contributed by atoms with E-state index in [0.29, 0.717) is 0 Å². The lowest BCUT2D eigenvalue weighted by atomic mass is 9.71. The van der Waals surface area contributed by atoms with Crippen molar-refractivity contribution in [3.8, 4) is 5.75 Å². The Morgan fingerprint density at radius 1 is 1.11 bits per heavy atom. The molecule has 0 aromatic heterocycles. The van der Waals surface area contributed by atoms with Crippen LogP contribution in [0.25, 0.3) is 0 Å². The van der Waals surface area contributed by atoms with Crippen LogP contribution in [0.1, 0.15) is 35.1 Å². The highest BCUT2D eigenvalue weighted by atomic mass is 16.5. The van der Waals surface area contributed by atoms with Gasteiger partial charge in [-0.2, -0.15) is 0 Å². The Labute approximate surface area is 158 Å². The normalized spacial score (nSPS) is 25.2. The van der Waals surface area contributed by atoms with Crippen LogP contribution in [0.4, 0.5) is 0 Å². The maximum absolute atomic E-state index is 13.5. The van der Waals surface area contributed by atoms with Crippen LogP contribution in [0.3, 0.4) is 0 Å². The monoisotopic (exact) mass is 361 g/mol. The number of fused-ring (bicyclic) bond motifs is 4. The van der Waals surface area contributed by atoms with Crippen molar-refractivity contribution in [1.82, 2.24) is 4.90 Å². The Kier molecular flexibility index (Phi) is 3.24. The standard InChI is InChI=1S/C22H23N3O2/c1-14-7-8-18-17(13-14)22(19(26)25(2)20(23)24-22)21(27-18)11-9-15-5-3-4-6-16(15)10-12-21/h3-8,13H,9-12H2,1-2H3,(H2,23,24). The minimum Gasteiger partial charge on any atom is -0.483 e. The quantitative estimate of drug-likeness (QED) is 0.784. The molecule has 5 heteroatoms. The van der Waals surface area contributed by atoms with E-state index in [4.69, 9.17) is 15.5 Å². The summed E-state index contributed by atoms with van der Waals surface area (Å²) in [5.41, 5.74) is 8.93. The molecule has 2 aromatic carbocycles. The first kappa shape index (κ1) is 16.4. The number of likely N-dealkylation sites (N-methyl/N-ethyl adjacent to an activating group) is 1. The molecule has 5 nitrogen and oxygen atoms in total. The van der Waals surface area contributed by atoms with Crippen molar-refractivity contribution in [3.63, 3.8) is 0 Å². The van der Waals surface area contributed by atoms with Gasteiger partial charge in [0, 0.05) is 12.6 Å². The van der Waals surface area contributed by atoms with Crippen LogP contribution < -0.4 is 10.5 Å². The molecule has 2 aromatic rings. The zero-order valence-electron chi connectivity index (χ0n) is 15.7. The number of benzene rings is 2. The van der Waals surface area contributed by atoms with E-state index in [-0.39, 0.29) is 11.9 Å². The van der Waals surface area contributed by atoms with Gasteiger partial charge in [-0.25, -0.2) is 4.99 Å². The van der Waals surface area contributed by atoms with Crippen LogP contribution in [-0.4, -0.2) is 29.4 Å². The third-order valence-electron chi connectivity index (χ3n) is 6.44. The van der Waals surface area contributed by atoms with Crippen molar-refractivity contribution in [2.45, 2.75) is 43.7 Å². The Morgan fingerprint density at radius 3 is 2.37 bits per heavy atom. The number of aryl methyl sites for hydroxylation is 3. The van der Waals surface area contributed by atoms with E-state index in [1.54, 1.807) is 7.05 Å². The molecule has 2 heterocycles. The number of nitrogens with two attached hydrogens (primary N) is 1. The number of aliphatic imine (C=N–C) groups is 1. The fourth-order valence-corrected chi connectivity index (χ4v) is 4.97. The minimum atomic E-state index is -1.09. The first-order valence-electron chi connectivity index (χ1n) is 9.47. The van der Waals surface area contributed by atoms with Crippen molar-refractivity contribution in [2.24, 2.45) is 10.7 Å². The van der Waals surface area contributed by atoms with Crippen LogP contribution in [-0.2, 0) is 23.2 Å². The molecule has 27 heavy (non-hydrogen) atoms. The summed E-state index contributed by atoms with van der Waals surface area (Å²) in [6.07, 6.45) is 3.18. The molecule has 0 fully saturated rings. The van der Waals surface area contributed by atoms with Crippen LogP contribution in [0, 0.1) is 6.92 Å². The molecule has 3 aliphatic rings. The SMILES string of the molecule is Cc1ccc2c(c1)C1(N=C(N)N(C)C1=O)C1(CCc3ccccc3CC1)O2. The van der Waals surface area contributed by atoms with Gasteiger partial charge < -0.3 is 10.5 Å². The highest BCUT2D eigenvalue weighted by Crippen LogP contribution is 2.57. The third kappa shape index (κ3) is 2.00. The molecule has 138 valence electrons. The Bertz CT molecular complexity index is 970. The number of rotatable bonds is 0. The van der Waals surface area contributed by atoms with Crippen LogP contribution in [0.5, 0.6) is 5.75 Å². The Balaban J connectivity index is 1.70. The molecule has 1 atom stereocenters. The van der Waals surface area contributed by atoms with Gasteiger partial charge in [0.05, 0.1) is 0 Å². The zero-order valence-corrected chi connectivity index (χ0v) is 15.7. The van der Waals surface area contributed by atoms with E-state index in [1.807, 2.05) is 25.1 Å². The molecule has 0 radical (unpaired) electrons. The van der Waals surface area contributed by atoms with E-state index in [2.05, 4.69) is 24.3 Å². The highest BCUT2D eigenvalue weighted by molar-refractivity contribution is 6.08. The molecular formula is C22H23N3O2. The second kappa shape index (κ2) is 5.35. The molecule has 5 rings (SSSR count). The third-order valence-corrected chi connectivity index (χ3v) is 6.44. The van der Waals surface area contributed by atoms with Gasteiger partial charge in [0.15, 0.2) is 5.96 Å². The molecule has 0 saturated heterocycles. The average Bonchev–Trinajstić information content (AvgIpc) is 2.96. The summed E-state index contributed by atoms with van der Waals surface area (Å²) in [5.74, 6) is 0.932. The summed E-state index contributed by atoms with van der Waals surface area (Å²) >= 11 is 0. The molecular weight excluding hydrogens is 338 g/mol. The van der Waals surface area contributed by atoms with Gasteiger partial charge >= 0.3 is 0 Å². The predicted molar refractivity (Wildman–Crippen MR) is 104 cm³/mol. The number of amides is 1. The summed E-state index contributed by atoms with van der Waals surface area (Å²) in [5, 5.41) is 0. The molecule has 2 N–H and O–H groups in total. The van der Waals surface area contributed by atoms with Gasteiger partial charge in [0.25, 0.3) is 5.91 Å². The molecule has 0 saturated carbocycles. The Morgan fingerprint density at radius 2 is 1.78 bits per heavy atom. The summed E-state index contributed by atoms with van der Waals surface area (Å²) < 4.78 is 6.60. The van der Waals surface area contributed by atoms with Crippen LogP contribution >= 0.6 is 0 Å². The number of hydrogen-bond acceptors (Lipinski definition) is 4. The van der Waals surface area contributed by atoms with Gasteiger partial charge in [-0.1, -0.05) is 35.9 Å². The van der Waals surface area contributed by atoms with Crippen molar-refractivity contribution < 1.29 is 9.53 Å². The van der Waals surface area contributed by atoms with Gasteiger partial charge in [-0.05, 0) is 55.9 Å². The topological polar surface area (TPSA) is 67.9 Å². The number of guanidine groups is 1. The summed E-state index contributed by atoms with van der Waals surface area (Å²) in [4.78, 5) is 19.8. The Hall–Kier alpha value is -2.82. The first-order valence-corrected chi connectivity index (χ1v) is 9.47. The summed E-state index contributed by atoms with van der Waals surface area (Å²) in [6.45, 7) is 2.03. The van der Waals surface area contributed by atoms with E-state index >= 15 is 0 Å². The maximum Gasteiger partial charge on any atom is 0.266 e. The predicted octanol–water partition coefficient (Wildman–Crippen LogP) is 2.69. The van der Waals surface area contributed by atoms with E-state index in [9.17, 15) is 4.79 Å². The number of nitrogens with zero attached hydrogens (tertiary/aromatic N) is 2. The lowest BCUT2D eigenvalue weighted by Crippen LogP contribution is -2.56. The van der Waals surface area contributed by atoms with Crippen LogP contribution in [0.2, 0.25) is 0 Å². The van der Waals surface area contributed by atoms with E-state index in [0.717, 1.165) is 42.6 Å². The van der Waals surface area contributed by atoms with Crippen LogP contribution in [0.15, 0.2) is 47.5 Å². The van der Waals surface area contributed by atoms with Gasteiger partial charge in [0.2, 0.25) is 5.54 Å². The fraction of sp³-hybridized carbons (Fsp3) is 0.364. The van der Waals surface area contributed by atoms with Crippen molar-refractivity contribution in [3.05, 3.63) is 64.7 Å². The van der Waals surface area contributed by atoms with Crippen molar-refractivity contribution >= 4 is 11.9 Å². The minimum absolute atomic E-state index is 0.0877. The molecule has 1 unspecified atom stereocenters. The van der Waals surface area contributed by atoms with Crippen molar-refractivity contribution in [2.75, 3.05) is 7.05 Å². The van der Waals surface area contributed by atoms with Crippen molar-refractivity contribution in [1.29, 1.82) is 0 Å². The summed E-state index contributed by atoms with van der Waals surface area (Å²) in [6, 6.07) is 14.5. The van der Waals surface area contributed by atoms with Gasteiger partial charge in [0.1, 0.15) is 11.4 Å². The van der Waals surface area contributed by atoms with Gasteiger partial charge in [-0.3, -0.25) is 9.69 Å². The molecule has 1 aliphatic carbocycles. The molecule has 0 bridgehead atoms. The molecule has 2 spiro atoms. The zero-order chi connectivity index (χ0) is 18.8. The first-order chi connectivity index (χ1) is 13.0. The largest absolute Gasteiger partial charge is 0.483 e. The maximum atomic E-state index is 13.5. The highest BCUT2D eigenvalue weighted by Gasteiger charge is 2.68. The van der Waals surface area contributed by atoms with E-state index in [1.165, 1.54) is 16.0 Å². The number of carbonyl (C=O) groups excluding carboxylic acids is 1. The molecule has 1 amide bonds. The van der Waals surface area contributed by atoms with E-state index < -0.39 is 11.1 Å². The second-order valence-electron chi connectivity index (χ2n) is 7.91. The lowest BCUT2D eigenvalue weighted by molar-refractivity contribution is -0.138.